The second-order valence-corrected chi connectivity index (χ2v) is 6.13. The SMILES string of the molecule is CC(C)(C)OC(=O)N1CC[C@H](C(=O)O)[C@H]1c1ccncc1. The van der Waals surface area contributed by atoms with Crippen molar-refractivity contribution in [3.8, 4) is 0 Å². The number of carboxylic acids is 1. The minimum Gasteiger partial charge on any atom is -0.481 e. The molecule has 0 unspecified atom stereocenters. The highest BCUT2D eigenvalue weighted by Gasteiger charge is 2.43. The largest absolute Gasteiger partial charge is 0.481 e. The number of amides is 1. The summed E-state index contributed by atoms with van der Waals surface area (Å²) in [5.41, 5.74) is 0.155. The number of aromatic nitrogens is 1. The Labute approximate surface area is 123 Å². The normalized spacial score (nSPS) is 22.1. The molecule has 1 N–H and O–H groups in total. The Morgan fingerprint density at radius 1 is 1.33 bits per heavy atom. The van der Waals surface area contributed by atoms with Gasteiger partial charge in [-0.3, -0.25) is 9.78 Å². The van der Waals surface area contributed by atoms with E-state index in [2.05, 4.69) is 4.98 Å². The highest BCUT2D eigenvalue weighted by molar-refractivity contribution is 5.76. The van der Waals surface area contributed by atoms with Crippen LogP contribution in [-0.4, -0.2) is 39.2 Å². The Hall–Kier alpha value is -2.11. The van der Waals surface area contributed by atoms with Gasteiger partial charge in [-0.15, -0.1) is 0 Å². The predicted molar refractivity (Wildman–Crippen MR) is 75.7 cm³/mol. The fraction of sp³-hybridized carbons (Fsp3) is 0.533. The van der Waals surface area contributed by atoms with Crippen LogP contribution in [0.1, 0.15) is 38.8 Å². The lowest BCUT2D eigenvalue weighted by Gasteiger charge is -2.30. The van der Waals surface area contributed by atoms with Crippen molar-refractivity contribution in [2.45, 2.75) is 38.8 Å². The summed E-state index contributed by atoms with van der Waals surface area (Å²) in [5, 5.41) is 9.38. The van der Waals surface area contributed by atoms with Crippen LogP contribution in [0, 0.1) is 5.92 Å². The number of rotatable bonds is 2. The summed E-state index contributed by atoms with van der Waals surface area (Å²) in [5.74, 6) is -1.53. The third-order valence-electron chi connectivity index (χ3n) is 3.39. The summed E-state index contributed by atoms with van der Waals surface area (Å²) in [4.78, 5) is 29.2. The number of hydrogen-bond donors (Lipinski definition) is 1. The van der Waals surface area contributed by atoms with Gasteiger partial charge in [-0.2, -0.15) is 0 Å². The first kappa shape index (κ1) is 15.3. The van der Waals surface area contributed by atoms with E-state index in [1.165, 1.54) is 4.90 Å². The topological polar surface area (TPSA) is 79.7 Å². The standard InChI is InChI=1S/C15H20N2O4/c1-15(2,3)21-14(20)17-9-6-11(13(18)19)12(17)10-4-7-16-8-5-10/h4-5,7-8,11-12H,6,9H2,1-3H3,(H,18,19)/t11-,12+/m0/s1. The molecule has 114 valence electrons. The molecule has 0 bridgehead atoms. The van der Waals surface area contributed by atoms with Crippen LogP contribution in [0.3, 0.4) is 0 Å². The van der Waals surface area contributed by atoms with Crippen molar-refractivity contribution in [2.75, 3.05) is 6.54 Å². The maximum Gasteiger partial charge on any atom is 0.410 e. The third kappa shape index (κ3) is 3.51. The van der Waals surface area contributed by atoms with Crippen molar-refractivity contribution in [3.05, 3.63) is 30.1 Å². The number of hydrogen-bond acceptors (Lipinski definition) is 4. The molecule has 0 radical (unpaired) electrons. The zero-order valence-corrected chi connectivity index (χ0v) is 12.4. The first-order chi connectivity index (χ1) is 9.79. The number of carboxylic acid groups (broad SMARTS) is 1. The lowest BCUT2D eigenvalue weighted by Crippen LogP contribution is -2.38. The van der Waals surface area contributed by atoms with Crippen LogP contribution in [0.2, 0.25) is 0 Å². The number of carbonyl (C=O) groups excluding carboxylic acids is 1. The van der Waals surface area contributed by atoms with E-state index in [9.17, 15) is 14.7 Å². The zero-order valence-electron chi connectivity index (χ0n) is 12.4. The molecule has 1 aromatic rings. The molecule has 1 saturated heterocycles. The van der Waals surface area contributed by atoms with Crippen molar-refractivity contribution in [1.29, 1.82) is 0 Å². The van der Waals surface area contributed by atoms with Crippen molar-refractivity contribution in [1.82, 2.24) is 9.88 Å². The smallest absolute Gasteiger partial charge is 0.410 e. The van der Waals surface area contributed by atoms with E-state index >= 15 is 0 Å². The zero-order chi connectivity index (χ0) is 15.6. The molecule has 1 aromatic heterocycles. The molecule has 6 heteroatoms. The van der Waals surface area contributed by atoms with Crippen LogP contribution in [0.4, 0.5) is 4.79 Å². The van der Waals surface area contributed by atoms with Crippen molar-refractivity contribution >= 4 is 12.1 Å². The Morgan fingerprint density at radius 3 is 2.48 bits per heavy atom. The van der Waals surface area contributed by atoms with Gasteiger partial charge in [0, 0.05) is 18.9 Å². The van der Waals surface area contributed by atoms with Crippen molar-refractivity contribution < 1.29 is 19.4 Å². The van der Waals surface area contributed by atoms with Crippen LogP contribution in [0.25, 0.3) is 0 Å². The van der Waals surface area contributed by atoms with Gasteiger partial charge in [0.15, 0.2) is 0 Å². The molecule has 2 heterocycles. The molecule has 0 spiro atoms. The fourth-order valence-electron chi connectivity index (χ4n) is 2.55. The van der Waals surface area contributed by atoms with Gasteiger partial charge in [-0.1, -0.05) is 0 Å². The quantitative estimate of drug-likeness (QED) is 0.905. The Morgan fingerprint density at radius 2 is 1.95 bits per heavy atom. The van der Waals surface area contributed by atoms with Gasteiger partial charge in [0.1, 0.15) is 5.60 Å². The van der Waals surface area contributed by atoms with Gasteiger partial charge in [-0.05, 0) is 44.9 Å². The summed E-state index contributed by atoms with van der Waals surface area (Å²) in [6.07, 6.45) is 3.13. The highest BCUT2D eigenvalue weighted by Crippen LogP contribution is 2.38. The molecule has 1 aliphatic heterocycles. The monoisotopic (exact) mass is 292 g/mol. The molecule has 0 saturated carbocycles. The molecule has 1 fully saturated rings. The lowest BCUT2D eigenvalue weighted by molar-refractivity contribution is -0.142. The first-order valence-electron chi connectivity index (χ1n) is 6.92. The highest BCUT2D eigenvalue weighted by atomic mass is 16.6. The summed E-state index contributed by atoms with van der Waals surface area (Å²) in [6.45, 7) is 5.74. The van der Waals surface area contributed by atoms with Gasteiger partial charge in [-0.25, -0.2) is 4.79 Å². The summed E-state index contributed by atoms with van der Waals surface area (Å²) in [7, 11) is 0. The molecule has 0 aromatic carbocycles. The molecule has 0 aliphatic carbocycles. The maximum absolute atomic E-state index is 12.3. The van der Waals surface area contributed by atoms with E-state index in [4.69, 9.17) is 4.74 Å². The second-order valence-electron chi connectivity index (χ2n) is 6.13. The summed E-state index contributed by atoms with van der Waals surface area (Å²) in [6, 6.07) is 2.97. The molecular formula is C15H20N2O4. The van der Waals surface area contributed by atoms with Gasteiger partial charge in [0.25, 0.3) is 0 Å². The van der Waals surface area contributed by atoms with Crippen LogP contribution in [-0.2, 0) is 9.53 Å². The number of pyridine rings is 1. The number of ether oxygens (including phenoxy) is 1. The number of nitrogens with zero attached hydrogens (tertiary/aromatic N) is 2. The average Bonchev–Trinajstić information content (AvgIpc) is 2.82. The average molecular weight is 292 g/mol. The maximum atomic E-state index is 12.3. The fourth-order valence-corrected chi connectivity index (χ4v) is 2.55. The van der Waals surface area contributed by atoms with E-state index < -0.39 is 29.6 Å². The molecular weight excluding hydrogens is 272 g/mol. The molecule has 2 atom stereocenters. The molecule has 2 rings (SSSR count). The molecule has 21 heavy (non-hydrogen) atoms. The third-order valence-corrected chi connectivity index (χ3v) is 3.39. The second kappa shape index (κ2) is 5.71. The van der Waals surface area contributed by atoms with Crippen LogP contribution < -0.4 is 0 Å². The minimum atomic E-state index is -0.900. The van der Waals surface area contributed by atoms with E-state index in [-0.39, 0.29) is 0 Å². The van der Waals surface area contributed by atoms with E-state index in [0.29, 0.717) is 13.0 Å². The molecule has 1 amide bonds. The Balaban J connectivity index is 2.28. The number of likely N-dealkylation sites (tertiary alicyclic amines) is 1. The van der Waals surface area contributed by atoms with Crippen molar-refractivity contribution in [2.24, 2.45) is 5.92 Å². The van der Waals surface area contributed by atoms with Crippen LogP contribution in [0.15, 0.2) is 24.5 Å². The number of carbonyl (C=O) groups is 2. The van der Waals surface area contributed by atoms with E-state index in [1.807, 2.05) is 0 Å². The molecule has 6 nitrogen and oxygen atoms in total. The van der Waals surface area contributed by atoms with E-state index in [0.717, 1.165) is 5.56 Å². The summed E-state index contributed by atoms with van der Waals surface area (Å²) < 4.78 is 5.38. The predicted octanol–water partition coefficient (Wildman–Crippen LogP) is 2.46. The van der Waals surface area contributed by atoms with Gasteiger partial charge < -0.3 is 14.7 Å². The molecule has 1 aliphatic rings. The van der Waals surface area contributed by atoms with Crippen molar-refractivity contribution in [3.63, 3.8) is 0 Å². The Kier molecular flexibility index (Phi) is 4.16. The van der Waals surface area contributed by atoms with Crippen LogP contribution >= 0.6 is 0 Å². The lowest BCUT2D eigenvalue weighted by atomic mass is 9.94. The number of aliphatic carboxylic acids is 1. The minimum absolute atomic E-state index is 0.374. The van der Waals surface area contributed by atoms with Crippen LogP contribution in [0.5, 0.6) is 0 Å². The van der Waals surface area contributed by atoms with Gasteiger partial charge >= 0.3 is 12.1 Å². The summed E-state index contributed by atoms with van der Waals surface area (Å²) >= 11 is 0. The van der Waals surface area contributed by atoms with Gasteiger partial charge in [0.2, 0.25) is 0 Å². The first-order valence-corrected chi connectivity index (χ1v) is 6.92. The van der Waals surface area contributed by atoms with Gasteiger partial charge in [0.05, 0.1) is 12.0 Å². The van der Waals surface area contributed by atoms with E-state index in [1.54, 1.807) is 45.3 Å². The Bertz CT molecular complexity index is 524.